The van der Waals surface area contributed by atoms with Crippen molar-refractivity contribution in [1.82, 2.24) is 0 Å². The summed E-state index contributed by atoms with van der Waals surface area (Å²) in [6.45, 7) is 4.57. The third-order valence-corrected chi connectivity index (χ3v) is 3.19. The highest BCUT2D eigenvalue weighted by Gasteiger charge is 2.04. The Labute approximate surface area is 111 Å². The summed E-state index contributed by atoms with van der Waals surface area (Å²) in [5.41, 5.74) is 1.33. The maximum atomic E-state index is 5.31. The van der Waals surface area contributed by atoms with E-state index in [2.05, 4.69) is 26.0 Å². The number of aryl methyl sites for hydroxylation is 1. The molecule has 0 spiro atoms. The summed E-state index contributed by atoms with van der Waals surface area (Å²) in [5, 5.41) is 0. The molecule has 0 N–H and O–H groups in total. The number of hydrogen-bond acceptors (Lipinski definition) is 2. The predicted octanol–water partition coefficient (Wildman–Crippen LogP) is 4.46. The van der Waals surface area contributed by atoms with E-state index in [-0.39, 0.29) is 0 Å². The molecule has 0 saturated carbocycles. The minimum Gasteiger partial charge on any atom is -0.493 e. The summed E-state index contributed by atoms with van der Waals surface area (Å²) in [5.74, 6) is 2.46. The molecule has 0 amide bonds. The Morgan fingerprint density at radius 2 is 1.67 bits per heavy atom. The van der Waals surface area contributed by atoms with Gasteiger partial charge in [0.2, 0.25) is 0 Å². The van der Waals surface area contributed by atoms with Crippen LogP contribution in [0.1, 0.15) is 45.1 Å². The Hall–Kier alpha value is -1.18. The van der Waals surface area contributed by atoms with Gasteiger partial charge in [0.15, 0.2) is 11.5 Å². The molecule has 0 unspecified atom stereocenters. The quantitative estimate of drug-likeness (QED) is 0.634. The summed E-state index contributed by atoms with van der Waals surface area (Å²) < 4.78 is 10.5. The van der Waals surface area contributed by atoms with E-state index < -0.39 is 0 Å². The highest BCUT2D eigenvalue weighted by molar-refractivity contribution is 5.42. The first-order chi connectivity index (χ1) is 8.67. The number of rotatable bonds is 8. The van der Waals surface area contributed by atoms with Crippen LogP contribution < -0.4 is 9.47 Å². The van der Waals surface area contributed by atoms with Crippen LogP contribution in [-0.4, -0.2) is 14.2 Å². The van der Waals surface area contributed by atoms with Crippen LogP contribution in [0.4, 0.5) is 0 Å². The van der Waals surface area contributed by atoms with E-state index in [0.717, 1.165) is 23.8 Å². The maximum absolute atomic E-state index is 5.31. The molecule has 1 rings (SSSR count). The van der Waals surface area contributed by atoms with Crippen LogP contribution in [0.5, 0.6) is 11.5 Å². The molecule has 2 heteroatoms. The highest BCUT2D eigenvalue weighted by Crippen LogP contribution is 2.28. The van der Waals surface area contributed by atoms with Crippen molar-refractivity contribution >= 4 is 0 Å². The molecule has 0 fully saturated rings. The fourth-order valence-electron chi connectivity index (χ4n) is 2.09. The smallest absolute Gasteiger partial charge is 0.160 e. The van der Waals surface area contributed by atoms with E-state index in [4.69, 9.17) is 9.47 Å². The van der Waals surface area contributed by atoms with E-state index >= 15 is 0 Å². The van der Waals surface area contributed by atoms with Crippen molar-refractivity contribution in [2.24, 2.45) is 5.92 Å². The van der Waals surface area contributed by atoms with Gasteiger partial charge in [-0.3, -0.25) is 0 Å². The van der Waals surface area contributed by atoms with E-state index in [9.17, 15) is 0 Å². The molecule has 102 valence electrons. The largest absolute Gasteiger partial charge is 0.493 e. The number of methoxy groups -OCH3 is 2. The lowest BCUT2D eigenvalue weighted by Gasteiger charge is -2.09. The summed E-state index contributed by atoms with van der Waals surface area (Å²) >= 11 is 0. The summed E-state index contributed by atoms with van der Waals surface area (Å²) in [4.78, 5) is 0. The second-order valence-electron chi connectivity index (χ2n) is 5.18. The van der Waals surface area contributed by atoms with Crippen molar-refractivity contribution in [3.63, 3.8) is 0 Å². The third-order valence-electron chi connectivity index (χ3n) is 3.19. The van der Waals surface area contributed by atoms with Crippen LogP contribution in [0.25, 0.3) is 0 Å². The van der Waals surface area contributed by atoms with Gasteiger partial charge in [-0.2, -0.15) is 0 Å². The van der Waals surface area contributed by atoms with E-state index in [1.165, 1.54) is 31.2 Å². The van der Waals surface area contributed by atoms with Crippen LogP contribution in [-0.2, 0) is 6.42 Å². The van der Waals surface area contributed by atoms with Crippen LogP contribution in [0.3, 0.4) is 0 Å². The Morgan fingerprint density at radius 1 is 0.944 bits per heavy atom. The van der Waals surface area contributed by atoms with Gasteiger partial charge in [-0.1, -0.05) is 39.2 Å². The standard InChI is InChI=1S/C16H26O2/c1-13(2)8-6-5-7-9-14-10-11-15(17-3)16(12-14)18-4/h10-13H,5-9H2,1-4H3. The average Bonchev–Trinajstić information content (AvgIpc) is 2.37. The molecule has 1 aromatic carbocycles. The predicted molar refractivity (Wildman–Crippen MR) is 76.6 cm³/mol. The minimum atomic E-state index is 0.807. The molecule has 0 heterocycles. The zero-order valence-corrected chi connectivity index (χ0v) is 12.2. The van der Waals surface area contributed by atoms with Crippen LogP contribution in [0.15, 0.2) is 18.2 Å². The second-order valence-corrected chi connectivity index (χ2v) is 5.18. The fraction of sp³-hybridized carbons (Fsp3) is 0.625. The third kappa shape index (κ3) is 4.99. The van der Waals surface area contributed by atoms with Gasteiger partial charge in [-0.05, 0) is 36.5 Å². The first-order valence-corrected chi connectivity index (χ1v) is 6.88. The lowest BCUT2D eigenvalue weighted by Crippen LogP contribution is -1.93. The minimum absolute atomic E-state index is 0.807. The van der Waals surface area contributed by atoms with Crippen molar-refractivity contribution in [2.75, 3.05) is 14.2 Å². The number of ether oxygens (including phenoxy) is 2. The van der Waals surface area contributed by atoms with E-state index in [1.54, 1.807) is 14.2 Å². The SMILES string of the molecule is COc1ccc(CCCCCC(C)C)cc1OC. The second kappa shape index (κ2) is 8.02. The molecule has 0 bridgehead atoms. The topological polar surface area (TPSA) is 18.5 Å². The van der Waals surface area contributed by atoms with Crippen molar-refractivity contribution in [3.05, 3.63) is 23.8 Å². The zero-order chi connectivity index (χ0) is 13.4. The molecule has 0 aliphatic rings. The molecule has 0 atom stereocenters. The lowest BCUT2D eigenvalue weighted by atomic mass is 10.0. The normalized spacial score (nSPS) is 10.7. The van der Waals surface area contributed by atoms with Crippen molar-refractivity contribution < 1.29 is 9.47 Å². The van der Waals surface area contributed by atoms with Gasteiger partial charge < -0.3 is 9.47 Å². The molecule has 0 aromatic heterocycles. The first kappa shape index (κ1) is 14.9. The fourth-order valence-corrected chi connectivity index (χ4v) is 2.09. The number of benzene rings is 1. The van der Waals surface area contributed by atoms with Gasteiger partial charge >= 0.3 is 0 Å². The average molecular weight is 250 g/mol. The van der Waals surface area contributed by atoms with Gasteiger partial charge in [0, 0.05) is 0 Å². The highest BCUT2D eigenvalue weighted by atomic mass is 16.5. The summed E-state index contributed by atoms with van der Waals surface area (Å²) in [7, 11) is 3.35. The Bertz CT molecular complexity index is 345. The van der Waals surface area contributed by atoms with Crippen molar-refractivity contribution in [2.45, 2.75) is 46.0 Å². The molecule has 0 aliphatic heterocycles. The van der Waals surface area contributed by atoms with Gasteiger partial charge in [0.05, 0.1) is 14.2 Å². The Balaban J connectivity index is 2.38. The number of hydrogen-bond donors (Lipinski definition) is 0. The summed E-state index contributed by atoms with van der Waals surface area (Å²) in [6, 6.07) is 6.20. The monoisotopic (exact) mass is 250 g/mol. The summed E-state index contributed by atoms with van der Waals surface area (Å²) in [6.07, 6.45) is 6.37. The van der Waals surface area contributed by atoms with Gasteiger partial charge in [0.1, 0.15) is 0 Å². The van der Waals surface area contributed by atoms with Gasteiger partial charge in [-0.15, -0.1) is 0 Å². The molecule has 0 saturated heterocycles. The first-order valence-electron chi connectivity index (χ1n) is 6.88. The van der Waals surface area contributed by atoms with Crippen molar-refractivity contribution in [3.8, 4) is 11.5 Å². The maximum Gasteiger partial charge on any atom is 0.160 e. The van der Waals surface area contributed by atoms with Gasteiger partial charge in [-0.25, -0.2) is 0 Å². The lowest BCUT2D eigenvalue weighted by molar-refractivity contribution is 0.354. The molecular formula is C16H26O2. The Morgan fingerprint density at radius 3 is 2.28 bits per heavy atom. The Kier molecular flexibility index (Phi) is 6.63. The molecule has 0 aliphatic carbocycles. The molecular weight excluding hydrogens is 224 g/mol. The van der Waals surface area contributed by atoms with Crippen molar-refractivity contribution in [1.29, 1.82) is 0 Å². The molecule has 1 aromatic rings. The molecule has 18 heavy (non-hydrogen) atoms. The van der Waals surface area contributed by atoms with Crippen LogP contribution in [0, 0.1) is 5.92 Å². The van der Waals surface area contributed by atoms with E-state index in [0.29, 0.717) is 0 Å². The molecule has 0 radical (unpaired) electrons. The van der Waals surface area contributed by atoms with Crippen LogP contribution >= 0.6 is 0 Å². The zero-order valence-electron chi connectivity index (χ0n) is 12.2. The van der Waals surface area contributed by atoms with Gasteiger partial charge in [0.25, 0.3) is 0 Å². The van der Waals surface area contributed by atoms with E-state index in [1.807, 2.05) is 6.07 Å². The van der Waals surface area contributed by atoms with Crippen LogP contribution in [0.2, 0.25) is 0 Å². The number of unbranched alkanes of at least 4 members (excludes halogenated alkanes) is 2. The molecule has 2 nitrogen and oxygen atoms in total.